The fraction of sp³-hybridized carbons (Fsp3) is 0.733. The molecule has 1 aromatic heterocycles. The van der Waals surface area contributed by atoms with Crippen LogP contribution in [0.4, 0.5) is 0 Å². The summed E-state index contributed by atoms with van der Waals surface area (Å²) in [7, 11) is 3.41. The number of nitrogens with one attached hydrogen (secondary N) is 2. The molecule has 2 N–H and O–H groups in total. The maximum atomic E-state index is 5.40. The lowest BCUT2D eigenvalue weighted by molar-refractivity contribution is 0.0698. The number of aliphatic imine (C=N–C) groups is 1. The molecule has 1 heterocycles. The predicted molar refractivity (Wildman–Crippen MR) is 86.1 cm³/mol. The summed E-state index contributed by atoms with van der Waals surface area (Å²) in [6.45, 7) is 7.49. The first-order valence-electron chi connectivity index (χ1n) is 7.64. The molecule has 0 amide bonds. The van der Waals surface area contributed by atoms with Gasteiger partial charge in [0.25, 0.3) is 0 Å². The lowest BCUT2D eigenvalue weighted by atomic mass is 10.1. The average molecular weight is 312 g/mol. The van der Waals surface area contributed by atoms with Crippen LogP contribution in [-0.2, 0) is 16.0 Å². The minimum atomic E-state index is 0.369. The molecule has 0 saturated heterocycles. The average Bonchev–Trinajstić information content (AvgIpc) is 2.98. The van der Waals surface area contributed by atoms with Crippen molar-refractivity contribution in [3.8, 4) is 0 Å². The van der Waals surface area contributed by atoms with E-state index in [1.807, 2.05) is 6.07 Å². The molecule has 0 aromatic carbocycles. The second-order valence-corrected chi connectivity index (χ2v) is 5.18. The molecule has 0 saturated carbocycles. The highest BCUT2D eigenvalue weighted by Crippen LogP contribution is 2.13. The molecule has 1 rings (SSSR count). The molecule has 0 spiro atoms. The fourth-order valence-electron chi connectivity index (χ4n) is 1.70. The maximum absolute atomic E-state index is 5.40. The standard InChI is InChI=1S/C15H28N4O3/c1-12(2)14-10-13(22-19-14)11-18-15(16-3)17-6-5-7-21-9-8-20-4/h10,12H,5-9,11H2,1-4H3,(H2,16,17,18). The van der Waals surface area contributed by atoms with Gasteiger partial charge in [-0.2, -0.15) is 0 Å². The van der Waals surface area contributed by atoms with E-state index in [2.05, 4.69) is 34.6 Å². The number of guanidine groups is 1. The van der Waals surface area contributed by atoms with Crippen LogP contribution in [0, 0.1) is 0 Å². The Labute approximate surface area is 132 Å². The van der Waals surface area contributed by atoms with Crippen LogP contribution >= 0.6 is 0 Å². The molecule has 22 heavy (non-hydrogen) atoms. The van der Waals surface area contributed by atoms with E-state index >= 15 is 0 Å². The summed E-state index contributed by atoms with van der Waals surface area (Å²) in [5.41, 5.74) is 0.966. The van der Waals surface area contributed by atoms with Crippen molar-refractivity contribution in [3.05, 3.63) is 17.5 Å². The van der Waals surface area contributed by atoms with Gasteiger partial charge in [0, 0.05) is 33.4 Å². The number of methoxy groups -OCH3 is 1. The summed E-state index contributed by atoms with van der Waals surface area (Å²) in [5.74, 6) is 1.90. The van der Waals surface area contributed by atoms with E-state index in [9.17, 15) is 0 Å². The third-order valence-corrected chi connectivity index (χ3v) is 3.01. The Hall–Kier alpha value is -1.60. The molecule has 0 aliphatic rings. The molecule has 7 nitrogen and oxygen atoms in total. The van der Waals surface area contributed by atoms with Crippen molar-refractivity contribution in [1.82, 2.24) is 15.8 Å². The predicted octanol–water partition coefficient (Wildman–Crippen LogP) is 1.52. The van der Waals surface area contributed by atoms with Gasteiger partial charge in [0.2, 0.25) is 0 Å². The van der Waals surface area contributed by atoms with Crippen molar-refractivity contribution < 1.29 is 14.0 Å². The van der Waals surface area contributed by atoms with Crippen molar-refractivity contribution in [2.75, 3.05) is 40.5 Å². The Morgan fingerprint density at radius 3 is 2.77 bits per heavy atom. The Kier molecular flexibility index (Phi) is 9.25. The molecule has 0 aliphatic heterocycles. The highest BCUT2D eigenvalue weighted by atomic mass is 16.5. The summed E-state index contributed by atoms with van der Waals surface area (Å²) >= 11 is 0. The van der Waals surface area contributed by atoms with Crippen molar-refractivity contribution >= 4 is 5.96 Å². The van der Waals surface area contributed by atoms with Crippen LogP contribution in [0.15, 0.2) is 15.6 Å². The van der Waals surface area contributed by atoms with Gasteiger partial charge in [0.05, 0.1) is 25.5 Å². The van der Waals surface area contributed by atoms with E-state index in [4.69, 9.17) is 14.0 Å². The minimum Gasteiger partial charge on any atom is -0.382 e. The molecule has 7 heteroatoms. The Bertz CT molecular complexity index is 432. The van der Waals surface area contributed by atoms with Gasteiger partial charge in [0.15, 0.2) is 11.7 Å². The van der Waals surface area contributed by atoms with Crippen LogP contribution in [-0.4, -0.2) is 51.6 Å². The summed E-state index contributed by atoms with van der Waals surface area (Å²) in [6.07, 6.45) is 0.907. The zero-order valence-electron chi connectivity index (χ0n) is 14.0. The first kappa shape index (κ1) is 18.4. The Morgan fingerprint density at radius 2 is 2.14 bits per heavy atom. The number of hydrogen-bond acceptors (Lipinski definition) is 5. The molecule has 0 bridgehead atoms. The molecule has 0 atom stereocenters. The van der Waals surface area contributed by atoms with Crippen molar-refractivity contribution in [2.45, 2.75) is 32.7 Å². The zero-order chi connectivity index (χ0) is 16.2. The van der Waals surface area contributed by atoms with E-state index < -0.39 is 0 Å². The van der Waals surface area contributed by atoms with E-state index in [1.165, 1.54) is 0 Å². The van der Waals surface area contributed by atoms with Gasteiger partial charge in [-0.15, -0.1) is 0 Å². The molecule has 0 radical (unpaired) electrons. The largest absolute Gasteiger partial charge is 0.382 e. The highest BCUT2D eigenvalue weighted by Gasteiger charge is 2.07. The van der Waals surface area contributed by atoms with Gasteiger partial charge in [-0.1, -0.05) is 19.0 Å². The molecule has 0 unspecified atom stereocenters. The lowest BCUT2D eigenvalue weighted by Gasteiger charge is -2.10. The Balaban J connectivity index is 2.16. The van der Waals surface area contributed by atoms with E-state index in [0.717, 1.165) is 30.4 Å². The topological polar surface area (TPSA) is 80.9 Å². The summed E-state index contributed by atoms with van der Waals surface area (Å²) in [4.78, 5) is 4.16. The van der Waals surface area contributed by atoms with Gasteiger partial charge in [0.1, 0.15) is 0 Å². The van der Waals surface area contributed by atoms with Crippen LogP contribution in [0.2, 0.25) is 0 Å². The van der Waals surface area contributed by atoms with Gasteiger partial charge in [-0.05, 0) is 12.3 Å². The molecule has 0 aliphatic carbocycles. The monoisotopic (exact) mass is 312 g/mol. The third kappa shape index (κ3) is 7.42. The second kappa shape index (κ2) is 11.0. The molecular weight excluding hydrogens is 284 g/mol. The van der Waals surface area contributed by atoms with Crippen LogP contribution in [0.5, 0.6) is 0 Å². The fourth-order valence-corrected chi connectivity index (χ4v) is 1.70. The normalized spacial score (nSPS) is 12.0. The van der Waals surface area contributed by atoms with Gasteiger partial charge >= 0.3 is 0 Å². The number of ether oxygens (including phenoxy) is 2. The van der Waals surface area contributed by atoms with E-state index in [1.54, 1.807) is 14.2 Å². The SMILES string of the molecule is CN=C(NCCCOCCOC)NCc1cc(C(C)C)no1. The van der Waals surface area contributed by atoms with Crippen molar-refractivity contribution in [1.29, 1.82) is 0 Å². The number of rotatable bonds is 10. The zero-order valence-corrected chi connectivity index (χ0v) is 14.0. The maximum Gasteiger partial charge on any atom is 0.191 e. The van der Waals surface area contributed by atoms with Crippen molar-refractivity contribution in [2.24, 2.45) is 4.99 Å². The van der Waals surface area contributed by atoms with Crippen LogP contribution in [0.25, 0.3) is 0 Å². The number of hydrogen-bond donors (Lipinski definition) is 2. The summed E-state index contributed by atoms with van der Waals surface area (Å²) in [5, 5.41) is 10.4. The van der Waals surface area contributed by atoms with Gasteiger partial charge in [-0.25, -0.2) is 0 Å². The second-order valence-electron chi connectivity index (χ2n) is 5.18. The number of aromatic nitrogens is 1. The van der Waals surface area contributed by atoms with E-state index in [0.29, 0.717) is 32.3 Å². The molecule has 1 aromatic rings. The van der Waals surface area contributed by atoms with Gasteiger partial charge in [-0.3, -0.25) is 4.99 Å². The quantitative estimate of drug-likeness (QED) is 0.387. The first-order valence-corrected chi connectivity index (χ1v) is 7.64. The summed E-state index contributed by atoms with van der Waals surface area (Å²) < 4.78 is 15.6. The minimum absolute atomic E-state index is 0.369. The lowest BCUT2D eigenvalue weighted by Crippen LogP contribution is -2.37. The first-order chi connectivity index (χ1) is 10.7. The number of nitrogens with zero attached hydrogens (tertiary/aromatic N) is 2. The molecule has 126 valence electrons. The molecular formula is C15H28N4O3. The highest BCUT2D eigenvalue weighted by molar-refractivity contribution is 5.79. The van der Waals surface area contributed by atoms with Gasteiger partial charge < -0.3 is 24.6 Å². The third-order valence-electron chi connectivity index (χ3n) is 3.01. The van der Waals surface area contributed by atoms with Crippen molar-refractivity contribution in [3.63, 3.8) is 0 Å². The molecule has 0 fully saturated rings. The van der Waals surface area contributed by atoms with Crippen LogP contribution in [0.1, 0.15) is 37.6 Å². The van der Waals surface area contributed by atoms with Crippen LogP contribution < -0.4 is 10.6 Å². The van der Waals surface area contributed by atoms with E-state index in [-0.39, 0.29) is 0 Å². The summed E-state index contributed by atoms with van der Waals surface area (Å²) in [6, 6.07) is 1.97. The van der Waals surface area contributed by atoms with Crippen LogP contribution in [0.3, 0.4) is 0 Å². The smallest absolute Gasteiger partial charge is 0.191 e. The Morgan fingerprint density at radius 1 is 1.32 bits per heavy atom.